The average Bonchev–Trinajstić information content (AvgIpc) is 2.49. The van der Waals surface area contributed by atoms with Crippen molar-refractivity contribution >= 4 is 0 Å². The fraction of sp³-hybridized carbons (Fsp3) is 0.905. The van der Waals surface area contributed by atoms with Crippen LogP contribution >= 0.6 is 0 Å². The van der Waals surface area contributed by atoms with Gasteiger partial charge in [-0.05, 0) is 25.2 Å². The van der Waals surface area contributed by atoms with Gasteiger partial charge in [-0.3, -0.25) is 0 Å². The van der Waals surface area contributed by atoms with Gasteiger partial charge in [-0.2, -0.15) is 0 Å². The highest BCUT2D eigenvalue weighted by molar-refractivity contribution is 4.83. The van der Waals surface area contributed by atoms with Crippen molar-refractivity contribution in [3.8, 4) is 0 Å². The summed E-state index contributed by atoms with van der Waals surface area (Å²) >= 11 is 0. The van der Waals surface area contributed by atoms with Crippen LogP contribution in [0.25, 0.3) is 0 Å². The smallest absolute Gasteiger partial charge is 0.0325 e. The molecule has 0 aliphatic heterocycles. The van der Waals surface area contributed by atoms with Crippen molar-refractivity contribution in [2.75, 3.05) is 0 Å². The van der Waals surface area contributed by atoms with Gasteiger partial charge in [0.05, 0.1) is 0 Å². The molecule has 0 radical (unpaired) electrons. The summed E-state index contributed by atoms with van der Waals surface area (Å²) in [6, 6.07) is 0. The second-order valence-corrected chi connectivity index (χ2v) is 6.93. The third-order valence-corrected chi connectivity index (χ3v) is 4.48. The third-order valence-electron chi connectivity index (χ3n) is 4.48. The second kappa shape index (κ2) is 17.8. The van der Waals surface area contributed by atoms with E-state index in [1.165, 1.54) is 96.3 Å². The molecule has 0 aromatic carbocycles. The number of rotatable bonds is 16. The summed E-state index contributed by atoms with van der Waals surface area (Å²) in [6.07, 6.45) is 26.0. The Morgan fingerprint density at radius 3 is 1.76 bits per heavy atom. The minimum atomic E-state index is 0.886. The van der Waals surface area contributed by atoms with Gasteiger partial charge < -0.3 is 0 Å². The van der Waals surface area contributed by atoms with Crippen molar-refractivity contribution < 1.29 is 0 Å². The van der Waals surface area contributed by atoms with E-state index < -0.39 is 0 Å². The van der Waals surface area contributed by atoms with Crippen LogP contribution in [0.4, 0.5) is 0 Å². The highest BCUT2D eigenvalue weighted by Crippen LogP contribution is 2.15. The fourth-order valence-electron chi connectivity index (χ4n) is 2.88. The van der Waals surface area contributed by atoms with Crippen LogP contribution in [0.15, 0.2) is 12.2 Å². The largest absolute Gasteiger partial charge is 0.0885 e. The predicted molar refractivity (Wildman–Crippen MR) is 98.9 cm³/mol. The summed E-state index contributed by atoms with van der Waals surface area (Å²) in [5.41, 5.74) is 0. The molecular formula is C21H42. The van der Waals surface area contributed by atoms with Gasteiger partial charge in [-0.25, -0.2) is 0 Å². The highest BCUT2D eigenvalue weighted by Gasteiger charge is 1.98. The molecule has 0 saturated carbocycles. The van der Waals surface area contributed by atoms with E-state index in [4.69, 9.17) is 0 Å². The normalized spacial score (nSPS) is 13.1. The van der Waals surface area contributed by atoms with Gasteiger partial charge in [-0.1, -0.05) is 110 Å². The van der Waals surface area contributed by atoms with Crippen LogP contribution in [-0.4, -0.2) is 0 Å². The van der Waals surface area contributed by atoms with Crippen LogP contribution in [0.3, 0.4) is 0 Å². The summed E-state index contributed by atoms with van der Waals surface area (Å²) in [5, 5.41) is 0. The zero-order valence-electron chi connectivity index (χ0n) is 15.3. The van der Waals surface area contributed by atoms with Crippen LogP contribution in [-0.2, 0) is 0 Å². The number of allylic oxidation sites excluding steroid dienone is 2. The Morgan fingerprint density at radius 2 is 1.14 bits per heavy atom. The molecule has 126 valence electrons. The van der Waals surface area contributed by atoms with E-state index in [9.17, 15) is 0 Å². The van der Waals surface area contributed by atoms with E-state index in [2.05, 4.69) is 32.9 Å². The summed E-state index contributed by atoms with van der Waals surface area (Å²) in [6.45, 7) is 6.99. The Kier molecular flexibility index (Phi) is 17.6. The van der Waals surface area contributed by atoms with Crippen LogP contribution in [0.1, 0.15) is 117 Å². The Labute approximate surface area is 135 Å². The van der Waals surface area contributed by atoms with Gasteiger partial charge in [0, 0.05) is 0 Å². The molecule has 21 heavy (non-hydrogen) atoms. The minimum absolute atomic E-state index is 0.886. The van der Waals surface area contributed by atoms with E-state index in [-0.39, 0.29) is 0 Å². The molecule has 0 aliphatic rings. The van der Waals surface area contributed by atoms with Crippen molar-refractivity contribution in [1.29, 1.82) is 0 Å². The molecule has 0 spiro atoms. The standard InChI is InChI=1S/C21H42/c1-4-6-8-10-11-12-13-14-15-16-18-20-21(3)19-17-9-7-5-2/h16,18,21H,4-15,17,19-20H2,1-3H3. The monoisotopic (exact) mass is 294 g/mol. The molecule has 0 amide bonds. The molecule has 0 rings (SSSR count). The summed E-state index contributed by atoms with van der Waals surface area (Å²) in [4.78, 5) is 0. The van der Waals surface area contributed by atoms with Crippen molar-refractivity contribution in [2.45, 2.75) is 117 Å². The van der Waals surface area contributed by atoms with E-state index in [1.807, 2.05) is 0 Å². The molecule has 0 aromatic rings. The fourth-order valence-corrected chi connectivity index (χ4v) is 2.88. The summed E-state index contributed by atoms with van der Waals surface area (Å²) in [7, 11) is 0. The molecule has 1 atom stereocenters. The first-order valence-corrected chi connectivity index (χ1v) is 9.96. The van der Waals surface area contributed by atoms with Gasteiger partial charge in [0.2, 0.25) is 0 Å². The van der Waals surface area contributed by atoms with Crippen LogP contribution in [0.5, 0.6) is 0 Å². The van der Waals surface area contributed by atoms with Crippen LogP contribution < -0.4 is 0 Å². The second-order valence-electron chi connectivity index (χ2n) is 6.93. The Balaban J connectivity index is 3.20. The van der Waals surface area contributed by atoms with Gasteiger partial charge in [0.1, 0.15) is 0 Å². The van der Waals surface area contributed by atoms with E-state index in [1.54, 1.807) is 0 Å². The molecule has 0 fully saturated rings. The molecule has 0 saturated heterocycles. The molecular weight excluding hydrogens is 252 g/mol. The molecule has 0 heteroatoms. The molecule has 0 N–H and O–H groups in total. The van der Waals surface area contributed by atoms with E-state index in [0.717, 1.165) is 5.92 Å². The number of unbranched alkanes of at least 4 members (excludes halogenated alkanes) is 11. The first kappa shape index (κ1) is 20.7. The Bertz CT molecular complexity index is 204. The summed E-state index contributed by atoms with van der Waals surface area (Å²) < 4.78 is 0. The van der Waals surface area contributed by atoms with Crippen molar-refractivity contribution in [3.63, 3.8) is 0 Å². The lowest BCUT2D eigenvalue weighted by Crippen LogP contribution is -1.92. The lowest BCUT2D eigenvalue weighted by atomic mass is 9.99. The first-order valence-electron chi connectivity index (χ1n) is 9.96. The predicted octanol–water partition coefficient (Wildman–Crippen LogP) is 8.07. The van der Waals surface area contributed by atoms with E-state index >= 15 is 0 Å². The molecule has 0 aliphatic carbocycles. The van der Waals surface area contributed by atoms with Crippen molar-refractivity contribution in [1.82, 2.24) is 0 Å². The Hall–Kier alpha value is -0.260. The van der Waals surface area contributed by atoms with Crippen molar-refractivity contribution in [3.05, 3.63) is 12.2 Å². The summed E-state index contributed by atoms with van der Waals surface area (Å²) in [5.74, 6) is 0.886. The molecule has 0 bridgehead atoms. The third kappa shape index (κ3) is 17.7. The number of hydrogen-bond acceptors (Lipinski definition) is 0. The van der Waals surface area contributed by atoms with Crippen molar-refractivity contribution in [2.24, 2.45) is 5.92 Å². The van der Waals surface area contributed by atoms with Gasteiger partial charge >= 0.3 is 0 Å². The highest BCUT2D eigenvalue weighted by atomic mass is 14.0. The minimum Gasteiger partial charge on any atom is -0.0885 e. The number of hydrogen-bond donors (Lipinski definition) is 0. The van der Waals surface area contributed by atoms with Crippen LogP contribution in [0, 0.1) is 5.92 Å². The zero-order chi connectivity index (χ0) is 15.6. The lowest BCUT2D eigenvalue weighted by molar-refractivity contribution is 0.493. The molecule has 0 heterocycles. The Morgan fingerprint density at radius 1 is 0.619 bits per heavy atom. The maximum Gasteiger partial charge on any atom is -0.0325 e. The average molecular weight is 295 g/mol. The quantitative estimate of drug-likeness (QED) is 0.199. The SMILES string of the molecule is CCCCCCCCCCC=CCC(C)CCCCCC. The maximum absolute atomic E-state index is 2.44. The van der Waals surface area contributed by atoms with Crippen LogP contribution in [0.2, 0.25) is 0 Å². The maximum atomic E-state index is 2.44. The van der Waals surface area contributed by atoms with Gasteiger partial charge in [-0.15, -0.1) is 0 Å². The molecule has 1 unspecified atom stereocenters. The first-order chi connectivity index (χ1) is 10.3. The van der Waals surface area contributed by atoms with Gasteiger partial charge in [0.15, 0.2) is 0 Å². The lowest BCUT2D eigenvalue weighted by Gasteiger charge is -2.07. The van der Waals surface area contributed by atoms with E-state index in [0.29, 0.717) is 0 Å². The van der Waals surface area contributed by atoms with Gasteiger partial charge in [0.25, 0.3) is 0 Å². The molecule has 0 aromatic heterocycles. The topological polar surface area (TPSA) is 0 Å². The molecule has 0 nitrogen and oxygen atoms in total. The zero-order valence-corrected chi connectivity index (χ0v) is 15.3.